The van der Waals surface area contributed by atoms with Crippen LogP contribution >= 0.6 is 0 Å². The van der Waals surface area contributed by atoms with E-state index in [1.807, 2.05) is 0 Å². The fourth-order valence-corrected chi connectivity index (χ4v) is 7.64. The molecule has 0 saturated carbocycles. The summed E-state index contributed by atoms with van der Waals surface area (Å²) in [5.74, 6) is 0. The summed E-state index contributed by atoms with van der Waals surface area (Å²) < 4.78 is 4.91. The third-order valence-electron chi connectivity index (χ3n) is 9.67. The number of para-hydroxylation sites is 3. The molecule has 0 aliphatic carbocycles. The molecule has 8 aromatic carbocycles. The van der Waals surface area contributed by atoms with Gasteiger partial charge in [-0.3, -0.25) is 0 Å². The van der Waals surface area contributed by atoms with E-state index in [4.69, 9.17) is 0 Å². The van der Waals surface area contributed by atoms with E-state index in [0.29, 0.717) is 0 Å². The Morgan fingerprint density at radius 3 is 1.57 bits per heavy atom. The SMILES string of the molecule is c1ccc(-n2c3ccccc3c3c4c5ccccc5n(-c5ccc6ccccc6c5)c4ccc32)c(-c2ccc3ccccc3c2)c1. The summed E-state index contributed by atoms with van der Waals surface area (Å²) >= 11 is 0. The molecule has 0 N–H and O–H groups in total. The first kappa shape index (κ1) is 25.2. The molecule has 0 amide bonds. The molecule has 46 heavy (non-hydrogen) atoms. The summed E-state index contributed by atoms with van der Waals surface area (Å²) in [5, 5.41) is 10.1. The molecule has 2 heteroatoms. The van der Waals surface area contributed by atoms with Gasteiger partial charge in [0.1, 0.15) is 0 Å². The van der Waals surface area contributed by atoms with Gasteiger partial charge in [-0.1, -0.05) is 121 Å². The highest BCUT2D eigenvalue weighted by atomic mass is 15.0. The minimum atomic E-state index is 1.18. The summed E-state index contributed by atoms with van der Waals surface area (Å²) in [6.45, 7) is 0. The zero-order valence-corrected chi connectivity index (χ0v) is 25.1. The Hall–Kier alpha value is -6.12. The van der Waals surface area contributed by atoms with Crippen LogP contribution in [0, 0.1) is 0 Å². The van der Waals surface area contributed by atoms with Crippen LogP contribution in [0.4, 0.5) is 0 Å². The third-order valence-corrected chi connectivity index (χ3v) is 9.67. The Kier molecular flexibility index (Phi) is 5.31. The van der Waals surface area contributed by atoms with Gasteiger partial charge in [0.25, 0.3) is 0 Å². The molecule has 2 nitrogen and oxygen atoms in total. The first-order valence-electron chi connectivity index (χ1n) is 15.9. The molecule has 0 unspecified atom stereocenters. The van der Waals surface area contributed by atoms with E-state index in [1.54, 1.807) is 0 Å². The lowest BCUT2D eigenvalue weighted by molar-refractivity contribution is 1.17. The van der Waals surface area contributed by atoms with Crippen molar-refractivity contribution in [1.82, 2.24) is 9.13 Å². The van der Waals surface area contributed by atoms with Gasteiger partial charge in [0.05, 0.1) is 27.8 Å². The summed E-state index contributed by atoms with van der Waals surface area (Å²) in [4.78, 5) is 0. The molecule has 0 aliphatic rings. The maximum atomic E-state index is 2.47. The van der Waals surface area contributed by atoms with Crippen LogP contribution in [0.3, 0.4) is 0 Å². The normalized spacial score (nSPS) is 11.9. The van der Waals surface area contributed by atoms with E-state index in [0.717, 1.165) is 0 Å². The molecule has 0 radical (unpaired) electrons. The summed E-state index contributed by atoms with van der Waals surface area (Å²) in [6.07, 6.45) is 0. The van der Waals surface area contributed by atoms with Crippen LogP contribution in [0.1, 0.15) is 0 Å². The van der Waals surface area contributed by atoms with Gasteiger partial charge < -0.3 is 9.13 Å². The molecule has 0 aliphatic heterocycles. The molecule has 0 bridgehead atoms. The Morgan fingerprint density at radius 1 is 0.326 bits per heavy atom. The van der Waals surface area contributed by atoms with Crippen LogP contribution in [0.5, 0.6) is 0 Å². The second-order valence-corrected chi connectivity index (χ2v) is 12.2. The predicted octanol–water partition coefficient (Wildman–Crippen LogP) is 11.9. The number of rotatable bonds is 3. The van der Waals surface area contributed by atoms with Gasteiger partial charge in [-0.2, -0.15) is 0 Å². The summed E-state index contributed by atoms with van der Waals surface area (Å²) in [7, 11) is 0. The zero-order chi connectivity index (χ0) is 30.2. The molecular formula is C44H28N2. The van der Waals surface area contributed by atoms with Crippen LogP contribution < -0.4 is 0 Å². The van der Waals surface area contributed by atoms with Crippen molar-refractivity contribution in [2.45, 2.75) is 0 Å². The topological polar surface area (TPSA) is 9.86 Å². The highest BCUT2D eigenvalue weighted by molar-refractivity contribution is 6.29. The van der Waals surface area contributed by atoms with Crippen molar-refractivity contribution in [3.63, 3.8) is 0 Å². The first-order chi connectivity index (χ1) is 22.8. The van der Waals surface area contributed by atoms with Gasteiger partial charge in [-0.15, -0.1) is 0 Å². The van der Waals surface area contributed by atoms with Crippen molar-refractivity contribution in [2.24, 2.45) is 0 Å². The minimum absolute atomic E-state index is 1.18. The fraction of sp³-hybridized carbons (Fsp3) is 0. The largest absolute Gasteiger partial charge is 0.309 e. The standard InChI is InChI=1S/C44H28N2/c1-3-13-31-27-33(22-21-29(31)11-1)35-15-5-8-18-38(35)46-40-20-10-7-17-37(40)44-42(46)26-25-41-43(44)36-16-6-9-19-39(36)45(41)34-24-23-30-12-2-4-14-32(30)28-34/h1-28H. The van der Waals surface area contributed by atoms with Crippen molar-refractivity contribution in [3.8, 4) is 22.5 Å². The molecule has 2 aromatic heterocycles. The van der Waals surface area contributed by atoms with E-state index >= 15 is 0 Å². The maximum absolute atomic E-state index is 2.47. The Balaban J connectivity index is 1.30. The lowest BCUT2D eigenvalue weighted by Gasteiger charge is -2.15. The van der Waals surface area contributed by atoms with Crippen LogP contribution in [-0.2, 0) is 0 Å². The molecule has 2 heterocycles. The van der Waals surface area contributed by atoms with Crippen molar-refractivity contribution < 1.29 is 0 Å². The number of hydrogen-bond donors (Lipinski definition) is 0. The number of fused-ring (bicyclic) bond motifs is 9. The third kappa shape index (κ3) is 3.59. The first-order valence-corrected chi connectivity index (χ1v) is 15.9. The van der Waals surface area contributed by atoms with E-state index in [9.17, 15) is 0 Å². The van der Waals surface area contributed by atoms with Crippen LogP contribution in [0.15, 0.2) is 170 Å². The molecule has 0 atom stereocenters. The molecule has 10 aromatic rings. The zero-order valence-electron chi connectivity index (χ0n) is 25.1. The van der Waals surface area contributed by atoms with Gasteiger partial charge >= 0.3 is 0 Å². The lowest BCUT2D eigenvalue weighted by Crippen LogP contribution is -1.97. The quantitative estimate of drug-likeness (QED) is 0.195. The summed E-state index contributed by atoms with van der Waals surface area (Å²) in [5.41, 5.74) is 9.65. The number of benzene rings is 8. The van der Waals surface area contributed by atoms with Crippen molar-refractivity contribution in [2.75, 3.05) is 0 Å². The number of nitrogens with zero attached hydrogens (tertiary/aromatic N) is 2. The van der Waals surface area contributed by atoms with E-state index in [1.165, 1.54) is 87.7 Å². The number of hydrogen-bond acceptors (Lipinski definition) is 0. The highest BCUT2D eigenvalue weighted by Crippen LogP contribution is 2.43. The van der Waals surface area contributed by atoms with Crippen molar-refractivity contribution in [3.05, 3.63) is 170 Å². The molecule has 0 fully saturated rings. The molecular weight excluding hydrogens is 556 g/mol. The molecule has 0 saturated heterocycles. The summed E-state index contributed by atoms with van der Waals surface area (Å²) in [6, 6.07) is 62.0. The highest BCUT2D eigenvalue weighted by Gasteiger charge is 2.21. The predicted molar refractivity (Wildman–Crippen MR) is 196 cm³/mol. The van der Waals surface area contributed by atoms with Crippen LogP contribution in [0.25, 0.3) is 87.7 Å². The molecule has 10 rings (SSSR count). The minimum Gasteiger partial charge on any atom is -0.309 e. The Labute approximate surface area is 266 Å². The fourth-order valence-electron chi connectivity index (χ4n) is 7.64. The van der Waals surface area contributed by atoms with Gasteiger partial charge in [0, 0.05) is 32.8 Å². The molecule has 0 spiro atoms. The van der Waals surface area contributed by atoms with Gasteiger partial charge in [-0.25, -0.2) is 0 Å². The van der Waals surface area contributed by atoms with Gasteiger partial charge in [0.2, 0.25) is 0 Å². The van der Waals surface area contributed by atoms with E-state index in [2.05, 4.69) is 179 Å². The average molecular weight is 585 g/mol. The number of aromatic nitrogens is 2. The Morgan fingerprint density at radius 2 is 0.848 bits per heavy atom. The maximum Gasteiger partial charge on any atom is 0.0549 e. The second kappa shape index (κ2) is 9.69. The van der Waals surface area contributed by atoms with Crippen LogP contribution in [0.2, 0.25) is 0 Å². The monoisotopic (exact) mass is 584 g/mol. The van der Waals surface area contributed by atoms with Gasteiger partial charge in [-0.05, 0) is 75.6 Å². The second-order valence-electron chi connectivity index (χ2n) is 12.2. The van der Waals surface area contributed by atoms with Gasteiger partial charge in [0.15, 0.2) is 0 Å². The smallest absolute Gasteiger partial charge is 0.0549 e. The van der Waals surface area contributed by atoms with E-state index < -0.39 is 0 Å². The van der Waals surface area contributed by atoms with Crippen molar-refractivity contribution >= 4 is 65.2 Å². The van der Waals surface area contributed by atoms with Crippen molar-refractivity contribution in [1.29, 1.82) is 0 Å². The molecule has 214 valence electrons. The lowest BCUT2D eigenvalue weighted by atomic mass is 9.99. The van der Waals surface area contributed by atoms with Crippen LogP contribution in [-0.4, -0.2) is 9.13 Å². The Bertz CT molecular complexity index is 2810. The van der Waals surface area contributed by atoms with E-state index in [-0.39, 0.29) is 0 Å². The average Bonchev–Trinajstić information content (AvgIpc) is 3.64.